The normalized spacial score (nSPS) is 16.4. The molecule has 0 bridgehead atoms. The van der Waals surface area contributed by atoms with E-state index in [4.69, 9.17) is 16.6 Å². The Morgan fingerprint density at radius 1 is 1.19 bits per heavy atom. The van der Waals surface area contributed by atoms with E-state index in [0.717, 1.165) is 5.56 Å². The van der Waals surface area contributed by atoms with Crippen molar-refractivity contribution in [2.75, 3.05) is 0 Å². The van der Waals surface area contributed by atoms with Gasteiger partial charge in [0.1, 0.15) is 11.5 Å². The summed E-state index contributed by atoms with van der Waals surface area (Å²) < 4.78 is 5.59. The van der Waals surface area contributed by atoms with Crippen LogP contribution in [0.2, 0.25) is 0 Å². The maximum absolute atomic E-state index is 8.95. The molecule has 1 aliphatic rings. The van der Waals surface area contributed by atoms with E-state index in [1.807, 2.05) is 49.4 Å². The summed E-state index contributed by atoms with van der Waals surface area (Å²) in [5, 5.41) is 8.95. The van der Waals surface area contributed by atoms with Gasteiger partial charge in [-0.3, -0.25) is 0 Å². The smallest absolute Gasteiger partial charge is 0.269 e. The molecule has 3 nitrogen and oxygen atoms in total. The Hall–Kier alpha value is -3.04. The van der Waals surface area contributed by atoms with Crippen molar-refractivity contribution in [2.45, 2.75) is 13.8 Å². The highest BCUT2D eigenvalue weighted by Crippen LogP contribution is 2.23. The number of ether oxygens (including phenoxy) is 1. The second-order valence-corrected chi connectivity index (χ2v) is 4.68. The molecule has 0 radical (unpaired) electrons. The van der Waals surface area contributed by atoms with Gasteiger partial charge in [-0.05, 0) is 43.2 Å². The Bertz CT molecular complexity index is 732. The van der Waals surface area contributed by atoms with E-state index in [-0.39, 0.29) is 5.70 Å². The number of benzene rings is 1. The number of allylic oxidation sites excluding steroid dienone is 6. The second kappa shape index (κ2) is 6.41. The van der Waals surface area contributed by atoms with Crippen molar-refractivity contribution in [3.8, 4) is 6.07 Å². The SMILES string of the molecule is [C-]#[N+]/C(C#N)=C1\C=C(C)OC(/C=C/c2ccc(C)cc2)=C1. The summed E-state index contributed by atoms with van der Waals surface area (Å²) in [6, 6.07) is 10.0. The second-order valence-electron chi connectivity index (χ2n) is 4.68. The van der Waals surface area contributed by atoms with Crippen LogP contribution in [0.5, 0.6) is 0 Å². The van der Waals surface area contributed by atoms with Gasteiger partial charge in [-0.2, -0.15) is 0 Å². The van der Waals surface area contributed by atoms with Gasteiger partial charge in [0, 0.05) is 0 Å². The van der Waals surface area contributed by atoms with Gasteiger partial charge >= 0.3 is 0 Å². The number of hydrogen-bond acceptors (Lipinski definition) is 2. The first-order chi connectivity index (χ1) is 10.1. The molecule has 0 spiro atoms. The molecule has 0 unspecified atom stereocenters. The van der Waals surface area contributed by atoms with Gasteiger partial charge in [-0.15, -0.1) is 0 Å². The highest BCUT2D eigenvalue weighted by atomic mass is 16.5. The van der Waals surface area contributed by atoms with E-state index < -0.39 is 0 Å². The third-order valence-electron chi connectivity index (χ3n) is 2.94. The fourth-order valence-electron chi connectivity index (χ4n) is 1.89. The maximum Gasteiger partial charge on any atom is 0.269 e. The van der Waals surface area contributed by atoms with Crippen LogP contribution in [-0.4, -0.2) is 0 Å². The van der Waals surface area contributed by atoms with Crippen LogP contribution in [0.4, 0.5) is 0 Å². The third kappa shape index (κ3) is 3.72. The molecule has 2 rings (SSSR count). The number of nitrogens with zero attached hydrogens (tertiary/aromatic N) is 2. The lowest BCUT2D eigenvalue weighted by Gasteiger charge is -2.13. The molecule has 0 N–H and O–H groups in total. The van der Waals surface area contributed by atoms with Crippen LogP contribution >= 0.6 is 0 Å². The van der Waals surface area contributed by atoms with Gasteiger partial charge < -0.3 is 4.74 Å². The predicted octanol–water partition coefficient (Wildman–Crippen LogP) is 4.52. The van der Waals surface area contributed by atoms with E-state index in [0.29, 0.717) is 17.1 Å². The molecular formula is C18H14N2O. The Morgan fingerprint density at radius 2 is 1.90 bits per heavy atom. The summed E-state index contributed by atoms with van der Waals surface area (Å²) >= 11 is 0. The Morgan fingerprint density at radius 3 is 2.52 bits per heavy atom. The van der Waals surface area contributed by atoms with Gasteiger partial charge in [0.15, 0.2) is 0 Å². The molecule has 21 heavy (non-hydrogen) atoms. The Labute approximate surface area is 124 Å². The molecule has 0 atom stereocenters. The van der Waals surface area contributed by atoms with E-state index >= 15 is 0 Å². The Kier molecular flexibility index (Phi) is 4.39. The van der Waals surface area contributed by atoms with Crippen molar-refractivity contribution in [2.24, 2.45) is 0 Å². The maximum atomic E-state index is 8.95. The quantitative estimate of drug-likeness (QED) is 0.587. The molecule has 102 valence electrons. The number of aryl methyl sites for hydroxylation is 1. The lowest BCUT2D eigenvalue weighted by molar-refractivity contribution is 0.318. The molecule has 1 aromatic rings. The lowest BCUT2D eigenvalue weighted by atomic mass is 10.1. The number of nitriles is 1. The molecule has 0 aromatic heterocycles. The fourth-order valence-corrected chi connectivity index (χ4v) is 1.89. The highest BCUT2D eigenvalue weighted by Gasteiger charge is 2.10. The fraction of sp³-hybridized carbons (Fsp3) is 0.111. The topological polar surface area (TPSA) is 37.4 Å². The van der Waals surface area contributed by atoms with Gasteiger partial charge in [0.05, 0.1) is 12.6 Å². The van der Waals surface area contributed by atoms with Crippen LogP contribution in [-0.2, 0) is 4.74 Å². The van der Waals surface area contributed by atoms with E-state index in [1.54, 1.807) is 19.1 Å². The zero-order valence-corrected chi connectivity index (χ0v) is 11.9. The van der Waals surface area contributed by atoms with Crippen molar-refractivity contribution < 1.29 is 4.74 Å². The van der Waals surface area contributed by atoms with E-state index in [2.05, 4.69) is 4.85 Å². The Balaban J connectivity index is 2.29. The summed E-state index contributed by atoms with van der Waals surface area (Å²) in [6.07, 6.45) is 7.17. The first-order valence-corrected chi connectivity index (χ1v) is 6.47. The van der Waals surface area contributed by atoms with Gasteiger partial charge in [0.25, 0.3) is 5.70 Å². The van der Waals surface area contributed by atoms with Crippen LogP contribution < -0.4 is 0 Å². The highest BCUT2D eigenvalue weighted by molar-refractivity contribution is 5.56. The minimum atomic E-state index is 0.0684. The van der Waals surface area contributed by atoms with Crippen molar-refractivity contribution >= 4 is 6.08 Å². The zero-order chi connectivity index (χ0) is 15.2. The largest absolute Gasteiger partial charge is 0.462 e. The molecule has 0 amide bonds. The molecular weight excluding hydrogens is 260 g/mol. The van der Waals surface area contributed by atoms with Crippen LogP contribution in [0.3, 0.4) is 0 Å². The number of rotatable bonds is 2. The molecule has 3 heteroatoms. The average molecular weight is 274 g/mol. The van der Waals surface area contributed by atoms with Crippen molar-refractivity contribution in [3.63, 3.8) is 0 Å². The monoisotopic (exact) mass is 274 g/mol. The summed E-state index contributed by atoms with van der Waals surface area (Å²) in [7, 11) is 0. The molecule has 0 saturated heterocycles. The molecule has 0 saturated carbocycles. The first-order valence-electron chi connectivity index (χ1n) is 6.47. The predicted molar refractivity (Wildman–Crippen MR) is 82.4 cm³/mol. The average Bonchev–Trinajstić information content (AvgIpc) is 2.47. The van der Waals surface area contributed by atoms with Crippen molar-refractivity contribution in [3.05, 3.63) is 87.8 Å². The van der Waals surface area contributed by atoms with E-state index in [9.17, 15) is 0 Å². The van der Waals surface area contributed by atoms with Gasteiger partial charge in [-0.25, -0.2) is 10.1 Å². The van der Waals surface area contributed by atoms with Crippen molar-refractivity contribution in [1.29, 1.82) is 5.26 Å². The number of hydrogen-bond donors (Lipinski definition) is 0. The van der Waals surface area contributed by atoms with Gasteiger partial charge in [0.2, 0.25) is 0 Å². The molecule has 0 fully saturated rings. The molecule has 0 aliphatic carbocycles. The van der Waals surface area contributed by atoms with Crippen LogP contribution in [0.25, 0.3) is 10.9 Å². The summed E-state index contributed by atoms with van der Waals surface area (Å²) in [4.78, 5) is 3.23. The third-order valence-corrected chi connectivity index (χ3v) is 2.94. The summed E-state index contributed by atoms with van der Waals surface area (Å²) in [5.74, 6) is 1.27. The van der Waals surface area contributed by atoms with Crippen LogP contribution in [0, 0.1) is 24.8 Å². The lowest BCUT2D eigenvalue weighted by Crippen LogP contribution is -1.96. The van der Waals surface area contributed by atoms with Crippen LogP contribution in [0.15, 0.2) is 65.3 Å². The van der Waals surface area contributed by atoms with E-state index in [1.165, 1.54) is 5.56 Å². The standard InChI is InChI=1S/C18H14N2O/c1-13-4-6-15(7-5-13)8-9-17-11-16(10-14(2)21-17)18(12-19)20-3/h4-11H,1-2H3/b9-8+,18-16+. The minimum absolute atomic E-state index is 0.0684. The first kappa shape index (κ1) is 14.4. The summed E-state index contributed by atoms with van der Waals surface area (Å²) in [6.45, 7) is 10.8. The molecule has 1 aliphatic heterocycles. The van der Waals surface area contributed by atoms with Gasteiger partial charge in [-0.1, -0.05) is 35.9 Å². The minimum Gasteiger partial charge on any atom is -0.462 e. The molecule has 1 aromatic carbocycles. The zero-order valence-electron chi connectivity index (χ0n) is 11.9. The summed E-state index contributed by atoms with van der Waals surface area (Å²) in [5.41, 5.74) is 2.92. The van der Waals surface area contributed by atoms with Crippen molar-refractivity contribution in [1.82, 2.24) is 0 Å². The van der Waals surface area contributed by atoms with Crippen LogP contribution in [0.1, 0.15) is 18.1 Å². The molecule has 1 heterocycles.